The summed E-state index contributed by atoms with van der Waals surface area (Å²) in [5.41, 5.74) is -0.807. The highest BCUT2D eigenvalue weighted by molar-refractivity contribution is 5.97. The second kappa shape index (κ2) is 12.0. The highest BCUT2D eigenvalue weighted by atomic mass is 19.4. The average molecular weight is 482 g/mol. The van der Waals surface area contributed by atoms with E-state index in [1.807, 2.05) is 5.32 Å². The van der Waals surface area contributed by atoms with Crippen LogP contribution in [0.1, 0.15) is 34.1 Å². The summed E-state index contributed by atoms with van der Waals surface area (Å²) >= 11 is 0. The Morgan fingerprint density at radius 3 is 1.76 bits per heavy atom. The van der Waals surface area contributed by atoms with Gasteiger partial charge in [0.15, 0.2) is 0 Å². The van der Waals surface area contributed by atoms with Crippen LogP contribution in [0.25, 0.3) is 0 Å². The van der Waals surface area contributed by atoms with Gasteiger partial charge >= 0.3 is 6.18 Å². The van der Waals surface area contributed by atoms with Crippen molar-refractivity contribution < 1.29 is 37.1 Å². The molecular weight excluding hydrogens is 447 g/mol. The molecular formula is C20H34F3N5O5. The van der Waals surface area contributed by atoms with Gasteiger partial charge in [0.25, 0.3) is 5.78 Å². The van der Waals surface area contributed by atoms with Crippen molar-refractivity contribution in [3.05, 3.63) is 0 Å². The number of hydrogen-bond acceptors (Lipinski definition) is 6. The normalized spacial score (nSPS) is 14.7. The first-order chi connectivity index (χ1) is 14.8. The number of amides is 4. The molecule has 0 bridgehead atoms. The predicted octanol–water partition coefficient (Wildman–Crippen LogP) is -0.322. The number of nitrogens with zero attached hydrogens (tertiary/aromatic N) is 2. The van der Waals surface area contributed by atoms with E-state index in [1.165, 1.54) is 14.1 Å². The lowest BCUT2D eigenvalue weighted by atomic mass is 9.85. The molecule has 0 aliphatic carbocycles. The van der Waals surface area contributed by atoms with Crippen molar-refractivity contribution in [1.82, 2.24) is 25.8 Å². The van der Waals surface area contributed by atoms with Crippen LogP contribution in [-0.4, -0.2) is 98.2 Å². The van der Waals surface area contributed by atoms with E-state index in [-0.39, 0.29) is 6.54 Å². The predicted molar refractivity (Wildman–Crippen MR) is 114 cm³/mol. The molecule has 10 nitrogen and oxygen atoms in total. The molecule has 0 aliphatic rings. The van der Waals surface area contributed by atoms with E-state index in [1.54, 1.807) is 39.8 Å². The van der Waals surface area contributed by atoms with Gasteiger partial charge < -0.3 is 25.8 Å². The summed E-state index contributed by atoms with van der Waals surface area (Å²) in [6, 6.07) is -4.63. The van der Waals surface area contributed by atoms with E-state index in [4.69, 9.17) is 0 Å². The third-order valence-electron chi connectivity index (χ3n) is 4.44. The van der Waals surface area contributed by atoms with Crippen LogP contribution in [0.2, 0.25) is 0 Å². The lowest BCUT2D eigenvalue weighted by Gasteiger charge is -2.32. The number of hydrogen-bond donors (Lipinski definition) is 3. The smallest absolute Gasteiger partial charge is 0.349 e. The molecule has 0 fully saturated rings. The molecule has 33 heavy (non-hydrogen) atoms. The highest BCUT2D eigenvalue weighted by Gasteiger charge is 2.43. The molecule has 0 saturated carbocycles. The van der Waals surface area contributed by atoms with Gasteiger partial charge in [-0.05, 0) is 26.4 Å². The number of Topliss-reactive ketones (excluding diaryl/α,β-unsaturated/α-hetero) is 1. The molecule has 0 rings (SSSR count). The second-order valence-corrected chi connectivity index (χ2v) is 9.25. The van der Waals surface area contributed by atoms with Gasteiger partial charge in [0, 0.05) is 14.1 Å². The molecule has 0 radical (unpaired) electrons. The van der Waals surface area contributed by atoms with Crippen LogP contribution in [0.15, 0.2) is 0 Å². The standard InChI is InChI=1S/C20H34F3N5O5/c1-11(16(31)20(21,22)23)24-17(32)12(9-14(30)28(7)8)25-18(33)15(19(2,3)4)26-13(29)10-27(5)6/h11-12,15H,9-10H2,1-8H3,(H,24,32)(H,25,33)(H,26,29)/t11?,12-,15+/m0/s1. The van der Waals surface area contributed by atoms with E-state index < -0.39 is 65.5 Å². The number of halogens is 3. The molecule has 0 aliphatic heterocycles. The maximum absolute atomic E-state index is 13.0. The highest BCUT2D eigenvalue weighted by Crippen LogP contribution is 2.20. The SMILES string of the molecule is CC(NC(=O)[C@H](CC(=O)N(C)C)NC(=O)[C@@H](NC(=O)CN(C)C)C(C)(C)C)C(=O)C(F)(F)F. The fraction of sp³-hybridized carbons (Fsp3) is 0.750. The molecule has 0 spiro atoms. The molecule has 13 heteroatoms. The third kappa shape index (κ3) is 10.6. The summed E-state index contributed by atoms with van der Waals surface area (Å²) in [6.07, 6.45) is -5.74. The molecule has 0 aromatic rings. The van der Waals surface area contributed by atoms with E-state index in [0.29, 0.717) is 0 Å². The Hall–Kier alpha value is -2.70. The van der Waals surface area contributed by atoms with Crippen LogP contribution in [0.5, 0.6) is 0 Å². The number of alkyl halides is 3. The lowest BCUT2D eigenvalue weighted by molar-refractivity contribution is -0.173. The number of carbonyl (C=O) groups excluding carboxylic acids is 5. The van der Waals surface area contributed by atoms with Crippen molar-refractivity contribution in [2.45, 2.75) is 58.4 Å². The van der Waals surface area contributed by atoms with Gasteiger partial charge in [0.05, 0.1) is 19.0 Å². The quantitative estimate of drug-likeness (QED) is 0.392. The van der Waals surface area contributed by atoms with Crippen molar-refractivity contribution in [2.24, 2.45) is 5.41 Å². The minimum atomic E-state index is -5.17. The van der Waals surface area contributed by atoms with Crippen molar-refractivity contribution in [3.63, 3.8) is 0 Å². The number of nitrogens with one attached hydrogen (secondary N) is 3. The van der Waals surface area contributed by atoms with E-state index in [2.05, 4.69) is 10.6 Å². The Morgan fingerprint density at radius 2 is 1.36 bits per heavy atom. The minimum absolute atomic E-state index is 0.0139. The zero-order chi connectivity index (χ0) is 26.3. The number of ketones is 1. The molecule has 0 heterocycles. The molecule has 1 unspecified atom stereocenters. The van der Waals surface area contributed by atoms with Crippen LogP contribution in [0.3, 0.4) is 0 Å². The van der Waals surface area contributed by atoms with Crippen LogP contribution in [0.4, 0.5) is 13.2 Å². The fourth-order valence-electron chi connectivity index (χ4n) is 2.62. The average Bonchev–Trinajstić information content (AvgIpc) is 2.62. The van der Waals surface area contributed by atoms with E-state index in [0.717, 1.165) is 11.8 Å². The Balaban J connectivity index is 5.73. The maximum Gasteiger partial charge on any atom is 0.452 e. The molecule has 3 N–H and O–H groups in total. The Morgan fingerprint density at radius 1 is 0.848 bits per heavy atom. The largest absolute Gasteiger partial charge is 0.452 e. The van der Waals surface area contributed by atoms with Crippen LogP contribution < -0.4 is 16.0 Å². The summed E-state index contributed by atoms with van der Waals surface area (Å²) in [4.78, 5) is 64.0. The Kier molecular flexibility index (Phi) is 11.0. The van der Waals surface area contributed by atoms with Crippen LogP contribution in [0, 0.1) is 5.41 Å². The van der Waals surface area contributed by atoms with E-state index in [9.17, 15) is 37.1 Å². The van der Waals surface area contributed by atoms with E-state index >= 15 is 0 Å². The first kappa shape index (κ1) is 30.3. The molecule has 0 saturated heterocycles. The van der Waals surface area contributed by atoms with Gasteiger partial charge in [0.1, 0.15) is 12.1 Å². The zero-order valence-corrected chi connectivity index (χ0v) is 20.2. The van der Waals surface area contributed by atoms with Crippen LogP contribution >= 0.6 is 0 Å². The van der Waals surface area contributed by atoms with Gasteiger partial charge in [-0.3, -0.25) is 24.0 Å². The summed E-state index contributed by atoms with van der Waals surface area (Å²) < 4.78 is 38.0. The Labute approximate surface area is 191 Å². The summed E-state index contributed by atoms with van der Waals surface area (Å²) in [7, 11) is 6.10. The number of rotatable bonds is 10. The monoisotopic (exact) mass is 481 g/mol. The summed E-state index contributed by atoms with van der Waals surface area (Å²) in [5.74, 6) is -5.19. The molecule has 3 atom stereocenters. The third-order valence-corrected chi connectivity index (χ3v) is 4.44. The van der Waals surface area contributed by atoms with Crippen molar-refractivity contribution in [1.29, 1.82) is 0 Å². The number of carbonyl (C=O) groups is 5. The van der Waals surface area contributed by atoms with Gasteiger partial charge in [-0.2, -0.15) is 13.2 Å². The summed E-state index contributed by atoms with van der Waals surface area (Å²) in [5, 5.41) is 6.79. The van der Waals surface area contributed by atoms with Gasteiger partial charge in [-0.25, -0.2) is 0 Å². The fourth-order valence-corrected chi connectivity index (χ4v) is 2.62. The van der Waals surface area contributed by atoms with Gasteiger partial charge in [-0.1, -0.05) is 20.8 Å². The van der Waals surface area contributed by atoms with Gasteiger partial charge in [-0.15, -0.1) is 0 Å². The molecule has 4 amide bonds. The maximum atomic E-state index is 13.0. The topological polar surface area (TPSA) is 128 Å². The van der Waals surface area contributed by atoms with Crippen molar-refractivity contribution >= 4 is 29.4 Å². The zero-order valence-electron chi connectivity index (χ0n) is 20.2. The molecule has 0 aromatic carbocycles. The van der Waals surface area contributed by atoms with Crippen molar-refractivity contribution in [3.8, 4) is 0 Å². The molecule has 0 aromatic heterocycles. The lowest BCUT2D eigenvalue weighted by Crippen LogP contribution is -2.60. The van der Waals surface area contributed by atoms with Crippen molar-refractivity contribution in [2.75, 3.05) is 34.7 Å². The first-order valence-electron chi connectivity index (χ1n) is 10.1. The molecule has 190 valence electrons. The summed E-state index contributed by atoms with van der Waals surface area (Å²) in [6.45, 7) is 5.83. The Bertz CT molecular complexity index is 747. The minimum Gasteiger partial charge on any atom is -0.349 e. The van der Waals surface area contributed by atoms with Crippen LogP contribution in [-0.2, 0) is 24.0 Å². The first-order valence-corrected chi connectivity index (χ1v) is 10.1. The second-order valence-electron chi connectivity index (χ2n) is 9.25. The van der Waals surface area contributed by atoms with Gasteiger partial charge in [0.2, 0.25) is 23.6 Å². The number of likely N-dealkylation sites (N-methyl/N-ethyl adjacent to an activating group) is 1.